The maximum atomic E-state index is 5.21. The summed E-state index contributed by atoms with van der Waals surface area (Å²) in [6.07, 6.45) is 3.03. The molecule has 0 unspecified atom stereocenters. The Morgan fingerprint density at radius 3 is 2.57 bits per heavy atom. The maximum Gasteiger partial charge on any atom is 0.0233 e. The molecule has 42 valence electrons. The van der Waals surface area contributed by atoms with E-state index in [1.54, 1.807) is 0 Å². The van der Waals surface area contributed by atoms with E-state index in [0.29, 0.717) is 6.54 Å². The topological polar surface area (TPSA) is 26.0 Å². The van der Waals surface area contributed by atoms with Crippen LogP contribution in [0.4, 0.5) is 0 Å². The molecular weight excluding hydrogens is 106 g/mol. The highest BCUT2D eigenvalue weighted by molar-refractivity contribution is 7.84. The lowest BCUT2D eigenvalue weighted by molar-refractivity contribution is 1.16. The molecule has 0 atom stereocenters. The minimum absolute atomic E-state index is 0.566. The summed E-state index contributed by atoms with van der Waals surface area (Å²) in [5, 5.41) is 0. The number of nitrogens with two attached hydrogens (primary N) is 1. The van der Waals surface area contributed by atoms with Crippen molar-refractivity contribution in [2.45, 2.75) is 13.3 Å². The van der Waals surface area contributed by atoms with Gasteiger partial charge in [-0.2, -0.15) is 0 Å². The van der Waals surface area contributed by atoms with Gasteiger partial charge < -0.3 is 5.73 Å². The van der Waals surface area contributed by atoms with E-state index in [9.17, 15) is 0 Å². The van der Waals surface area contributed by atoms with Crippen LogP contribution in [0.1, 0.15) is 13.3 Å². The van der Waals surface area contributed by atoms with Crippen molar-refractivity contribution >= 4 is 12.6 Å². The van der Waals surface area contributed by atoms with Gasteiger partial charge in [0, 0.05) is 6.54 Å². The molecular formula is C5H11NS. The van der Waals surface area contributed by atoms with Crippen LogP contribution in [0, 0.1) is 0 Å². The molecule has 2 heteroatoms. The van der Waals surface area contributed by atoms with Crippen molar-refractivity contribution < 1.29 is 0 Å². The molecule has 7 heavy (non-hydrogen) atoms. The number of hydrogen-bond donors (Lipinski definition) is 2. The molecule has 0 aromatic heterocycles. The van der Waals surface area contributed by atoms with Crippen LogP contribution >= 0.6 is 12.6 Å². The van der Waals surface area contributed by atoms with Crippen molar-refractivity contribution in [1.29, 1.82) is 0 Å². The van der Waals surface area contributed by atoms with Gasteiger partial charge in [0.05, 0.1) is 0 Å². The smallest absolute Gasteiger partial charge is 0.0233 e. The maximum absolute atomic E-state index is 5.21. The van der Waals surface area contributed by atoms with Gasteiger partial charge in [0.1, 0.15) is 0 Å². The van der Waals surface area contributed by atoms with Gasteiger partial charge in [0.15, 0.2) is 0 Å². The van der Waals surface area contributed by atoms with E-state index in [-0.39, 0.29) is 0 Å². The summed E-state index contributed by atoms with van der Waals surface area (Å²) < 4.78 is 0. The summed E-state index contributed by atoms with van der Waals surface area (Å²) in [6.45, 7) is 2.63. The fourth-order valence-electron chi connectivity index (χ4n) is 0.319. The van der Waals surface area contributed by atoms with Crippen molar-refractivity contribution in [3.05, 3.63) is 11.0 Å². The SMILES string of the molecule is CC/C=C(/S)CN. The van der Waals surface area contributed by atoms with E-state index in [0.717, 1.165) is 11.3 Å². The molecule has 0 radical (unpaired) electrons. The molecule has 0 amide bonds. The molecule has 0 spiro atoms. The van der Waals surface area contributed by atoms with Gasteiger partial charge in [0.25, 0.3) is 0 Å². The Balaban J connectivity index is 3.29. The summed E-state index contributed by atoms with van der Waals surface area (Å²) in [7, 11) is 0. The Bertz CT molecular complexity index is 68.5. The quantitative estimate of drug-likeness (QED) is 0.522. The van der Waals surface area contributed by atoms with Crippen molar-refractivity contribution in [3.8, 4) is 0 Å². The van der Waals surface area contributed by atoms with Gasteiger partial charge in [0.2, 0.25) is 0 Å². The standard InChI is InChI=1S/C5H11NS/c1-2-3-5(7)4-6/h3,7H,2,4,6H2,1H3/b5-3+. The molecule has 0 aliphatic heterocycles. The van der Waals surface area contributed by atoms with Crippen molar-refractivity contribution in [3.63, 3.8) is 0 Å². The molecule has 0 fully saturated rings. The van der Waals surface area contributed by atoms with Gasteiger partial charge in [-0.3, -0.25) is 0 Å². The van der Waals surface area contributed by atoms with Crippen molar-refractivity contribution in [2.24, 2.45) is 5.73 Å². The van der Waals surface area contributed by atoms with Gasteiger partial charge in [-0.15, -0.1) is 12.6 Å². The van der Waals surface area contributed by atoms with E-state index >= 15 is 0 Å². The second-order valence-electron chi connectivity index (χ2n) is 1.31. The van der Waals surface area contributed by atoms with E-state index in [4.69, 9.17) is 5.73 Å². The first-order valence-electron chi connectivity index (χ1n) is 2.39. The van der Waals surface area contributed by atoms with Crippen LogP contribution in [0.2, 0.25) is 0 Å². The zero-order chi connectivity index (χ0) is 5.70. The van der Waals surface area contributed by atoms with Gasteiger partial charge in [-0.1, -0.05) is 13.0 Å². The van der Waals surface area contributed by atoms with E-state index in [2.05, 4.69) is 19.6 Å². The first-order chi connectivity index (χ1) is 3.31. The summed E-state index contributed by atoms with van der Waals surface area (Å²) in [4.78, 5) is 0.975. The van der Waals surface area contributed by atoms with Gasteiger partial charge >= 0.3 is 0 Å². The first kappa shape index (κ1) is 7.05. The predicted molar refractivity (Wildman–Crippen MR) is 36.4 cm³/mol. The summed E-state index contributed by atoms with van der Waals surface area (Å²) in [5.41, 5.74) is 5.21. The summed E-state index contributed by atoms with van der Waals surface area (Å²) in [5.74, 6) is 0. The normalized spacial score (nSPS) is 12.1. The molecule has 0 rings (SSSR count). The van der Waals surface area contributed by atoms with Crippen molar-refractivity contribution in [1.82, 2.24) is 0 Å². The molecule has 0 saturated heterocycles. The zero-order valence-corrected chi connectivity index (χ0v) is 5.41. The molecule has 0 aliphatic rings. The minimum Gasteiger partial charge on any atom is -0.326 e. The highest BCUT2D eigenvalue weighted by Gasteiger charge is 1.78. The van der Waals surface area contributed by atoms with E-state index < -0.39 is 0 Å². The Morgan fingerprint density at radius 2 is 2.43 bits per heavy atom. The summed E-state index contributed by atoms with van der Waals surface area (Å²) in [6, 6.07) is 0. The Labute approximate surface area is 50.0 Å². The van der Waals surface area contributed by atoms with Crippen LogP contribution in [-0.2, 0) is 0 Å². The Kier molecular flexibility index (Phi) is 4.25. The van der Waals surface area contributed by atoms with Gasteiger partial charge in [-0.25, -0.2) is 0 Å². The number of thiol groups is 1. The molecule has 0 saturated carbocycles. The molecule has 0 heterocycles. The van der Waals surface area contributed by atoms with Gasteiger partial charge in [-0.05, 0) is 11.3 Å². The largest absolute Gasteiger partial charge is 0.326 e. The van der Waals surface area contributed by atoms with Crippen molar-refractivity contribution in [2.75, 3.05) is 6.54 Å². The molecule has 1 nitrogen and oxygen atoms in total. The fraction of sp³-hybridized carbons (Fsp3) is 0.600. The van der Waals surface area contributed by atoms with Crippen LogP contribution in [0.5, 0.6) is 0 Å². The Morgan fingerprint density at radius 1 is 1.86 bits per heavy atom. The first-order valence-corrected chi connectivity index (χ1v) is 2.84. The predicted octanol–water partition coefficient (Wildman–Crippen LogP) is 1.17. The monoisotopic (exact) mass is 117 g/mol. The van der Waals surface area contributed by atoms with E-state index in [1.807, 2.05) is 6.08 Å². The lowest BCUT2D eigenvalue weighted by Gasteiger charge is -1.87. The highest BCUT2D eigenvalue weighted by Crippen LogP contribution is 1.96. The second kappa shape index (κ2) is 4.22. The third-order valence-corrected chi connectivity index (χ3v) is 1.01. The number of allylic oxidation sites excluding steroid dienone is 1. The van der Waals surface area contributed by atoms with Crippen LogP contribution in [0.3, 0.4) is 0 Å². The zero-order valence-electron chi connectivity index (χ0n) is 4.52. The lowest BCUT2D eigenvalue weighted by atomic mass is 10.4. The third-order valence-electron chi connectivity index (χ3n) is 0.649. The number of hydrogen-bond acceptors (Lipinski definition) is 2. The Hall–Kier alpha value is 0.0500. The van der Waals surface area contributed by atoms with E-state index in [1.165, 1.54) is 0 Å². The third kappa shape index (κ3) is 3.89. The average Bonchev–Trinajstić information content (AvgIpc) is 1.68. The average molecular weight is 117 g/mol. The van der Waals surface area contributed by atoms with Crippen LogP contribution in [-0.4, -0.2) is 6.54 Å². The molecule has 2 N–H and O–H groups in total. The summed E-state index contributed by atoms with van der Waals surface area (Å²) >= 11 is 4.05. The minimum atomic E-state index is 0.566. The van der Waals surface area contributed by atoms with Crippen LogP contribution in [0.25, 0.3) is 0 Å². The number of rotatable bonds is 2. The highest BCUT2D eigenvalue weighted by atomic mass is 32.1. The second-order valence-corrected chi connectivity index (χ2v) is 1.88. The van der Waals surface area contributed by atoms with Crippen LogP contribution < -0.4 is 5.73 Å². The fourth-order valence-corrected chi connectivity index (χ4v) is 0.502. The molecule has 0 bridgehead atoms. The van der Waals surface area contributed by atoms with Crippen LogP contribution in [0.15, 0.2) is 11.0 Å². The molecule has 0 aliphatic carbocycles. The lowest BCUT2D eigenvalue weighted by Crippen LogP contribution is -1.97. The molecule has 0 aromatic carbocycles. The molecule has 0 aromatic rings.